The zero-order valence-corrected chi connectivity index (χ0v) is 17.7. The van der Waals surface area contributed by atoms with E-state index in [1.54, 1.807) is 23.0 Å². The van der Waals surface area contributed by atoms with E-state index in [4.69, 9.17) is 0 Å². The molecule has 2 heterocycles. The van der Waals surface area contributed by atoms with E-state index >= 15 is 0 Å². The Balaban J connectivity index is 1.64. The van der Waals surface area contributed by atoms with Crippen molar-refractivity contribution >= 4 is 27.2 Å². The van der Waals surface area contributed by atoms with Crippen LogP contribution in [0.3, 0.4) is 0 Å². The Hall–Kier alpha value is -3.98. The van der Waals surface area contributed by atoms with Crippen LogP contribution in [0, 0.1) is 34.1 Å². The molecule has 0 unspecified atom stereocenters. The fourth-order valence-corrected chi connectivity index (χ4v) is 3.81. The summed E-state index contributed by atoms with van der Waals surface area (Å²) in [5.74, 6) is 0.894. The fourth-order valence-electron chi connectivity index (χ4n) is 2.74. The molecule has 0 saturated heterocycles. The maximum absolute atomic E-state index is 12.5. The summed E-state index contributed by atoms with van der Waals surface area (Å²) in [7, 11) is -4.23. The van der Waals surface area contributed by atoms with Gasteiger partial charge in [0.15, 0.2) is 5.82 Å². The summed E-state index contributed by atoms with van der Waals surface area (Å²) >= 11 is 0. The molecule has 15 heteroatoms. The van der Waals surface area contributed by atoms with Gasteiger partial charge in [-0.25, -0.2) is 17.8 Å². The fraction of sp³-hybridized carbons (Fsp3) is 0.235. The maximum Gasteiger partial charge on any atom is 0.280 e. The van der Waals surface area contributed by atoms with Crippen LogP contribution in [0.2, 0.25) is 0 Å². The summed E-state index contributed by atoms with van der Waals surface area (Å²) in [6, 6.07) is 6.72. The molecular formula is C17H18N8O6S. The van der Waals surface area contributed by atoms with Crippen molar-refractivity contribution in [1.82, 2.24) is 24.7 Å². The standard InChI is InChI=1S/C17H18N8O6S/c1-11-5-8-23(22-11)17-4-3-16(20-21-17)18-6-7-19-32(30,31)13-9-14(24(26)27)12(2)15(10-13)25(28)29/h3-5,8-10,19H,6-7H2,1-2H3,(H,18,20). The third kappa shape index (κ3) is 5.01. The highest BCUT2D eigenvalue weighted by Gasteiger charge is 2.27. The van der Waals surface area contributed by atoms with Gasteiger partial charge in [0, 0.05) is 31.4 Å². The Morgan fingerprint density at radius 1 is 1.00 bits per heavy atom. The summed E-state index contributed by atoms with van der Waals surface area (Å²) in [5.41, 5.74) is -0.709. The molecule has 0 atom stereocenters. The van der Waals surface area contributed by atoms with E-state index in [-0.39, 0.29) is 18.7 Å². The molecule has 168 valence electrons. The third-order valence-electron chi connectivity index (χ3n) is 4.36. The number of hydrogen-bond acceptors (Lipinski definition) is 10. The quantitative estimate of drug-likeness (QED) is 0.268. The van der Waals surface area contributed by atoms with Crippen LogP contribution in [0.4, 0.5) is 17.2 Å². The van der Waals surface area contributed by atoms with Crippen molar-refractivity contribution in [1.29, 1.82) is 0 Å². The first-order valence-electron chi connectivity index (χ1n) is 9.12. The lowest BCUT2D eigenvalue weighted by Crippen LogP contribution is -2.29. The smallest absolute Gasteiger partial charge is 0.280 e. The second-order valence-corrected chi connectivity index (χ2v) is 8.37. The number of sulfonamides is 1. The van der Waals surface area contributed by atoms with Gasteiger partial charge in [-0.15, -0.1) is 10.2 Å². The minimum absolute atomic E-state index is 0.112. The van der Waals surface area contributed by atoms with Crippen molar-refractivity contribution in [2.75, 3.05) is 18.4 Å². The van der Waals surface area contributed by atoms with Gasteiger partial charge in [0.05, 0.1) is 20.4 Å². The van der Waals surface area contributed by atoms with Gasteiger partial charge in [-0.1, -0.05) is 0 Å². The van der Waals surface area contributed by atoms with E-state index in [2.05, 4.69) is 25.3 Å². The average Bonchev–Trinajstić information content (AvgIpc) is 3.17. The summed E-state index contributed by atoms with van der Waals surface area (Å²) in [6.45, 7) is 3.03. The van der Waals surface area contributed by atoms with Crippen LogP contribution >= 0.6 is 0 Å². The average molecular weight is 462 g/mol. The molecule has 0 aliphatic carbocycles. The number of hydrogen-bond donors (Lipinski definition) is 2. The molecular weight excluding hydrogens is 444 g/mol. The molecule has 0 radical (unpaired) electrons. The van der Waals surface area contributed by atoms with Crippen molar-refractivity contribution in [2.45, 2.75) is 18.7 Å². The molecule has 0 amide bonds. The Bertz CT molecular complexity index is 1240. The predicted octanol–water partition coefficient (Wildman–Crippen LogP) is 1.49. The van der Waals surface area contributed by atoms with Crippen LogP contribution in [0.25, 0.3) is 5.82 Å². The van der Waals surface area contributed by atoms with Crippen molar-refractivity contribution < 1.29 is 18.3 Å². The van der Waals surface area contributed by atoms with Crippen molar-refractivity contribution in [3.63, 3.8) is 0 Å². The molecule has 3 aromatic rings. The van der Waals surface area contributed by atoms with Crippen molar-refractivity contribution in [2.24, 2.45) is 0 Å². The molecule has 32 heavy (non-hydrogen) atoms. The first-order valence-corrected chi connectivity index (χ1v) is 10.6. The summed E-state index contributed by atoms with van der Waals surface area (Å²) in [6.07, 6.45) is 1.74. The molecule has 0 aliphatic rings. The highest BCUT2D eigenvalue weighted by Crippen LogP contribution is 2.31. The first kappa shape index (κ1) is 22.7. The molecule has 0 bridgehead atoms. The zero-order chi connectivity index (χ0) is 23.5. The van der Waals surface area contributed by atoms with Gasteiger partial charge < -0.3 is 5.32 Å². The van der Waals surface area contributed by atoms with Gasteiger partial charge in [-0.3, -0.25) is 20.2 Å². The van der Waals surface area contributed by atoms with Crippen LogP contribution in [0.1, 0.15) is 11.3 Å². The van der Waals surface area contributed by atoms with Gasteiger partial charge in [0.2, 0.25) is 10.0 Å². The lowest BCUT2D eigenvalue weighted by molar-refractivity contribution is -0.395. The van der Waals surface area contributed by atoms with Crippen LogP contribution in [0.5, 0.6) is 0 Å². The number of nitrogens with zero attached hydrogens (tertiary/aromatic N) is 6. The Morgan fingerprint density at radius 2 is 1.66 bits per heavy atom. The molecule has 2 N–H and O–H groups in total. The summed E-state index contributed by atoms with van der Waals surface area (Å²) < 4.78 is 28.8. The molecule has 0 spiro atoms. The Morgan fingerprint density at radius 3 is 2.16 bits per heavy atom. The molecule has 0 fully saturated rings. The number of nitro groups is 2. The summed E-state index contributed by atoms with van der Waals surface area (Å²) in [4.78, 5) is 20.0. The third-order valence-corrected chi connectivity index (χ3v) is 5.80. The normalized spacial score (nSPS) is 11.3. The lowest BCUT2D eigenvalue weighted by Gasteiger charge is -2.09. The van der Waals surface area contributed by atoms with Crippen LogP contribution in [0.15, 0.2) is 41.4 Å². The molecule has 0 saturated carbocycles. The minimum atomic E-state index is -4.23. The van der Waals surface area contributed by atoms with Gasteiger partial charge in [0.1, 0.15) is 11.4 Å². The number of aromatic nitrogens is 4. The van der Waals surface area contributed by atoms with Gasteiger partial charge in [0.25, 0.3) is 11.4 Å². The van der Waals surface area contributed by atoms with Crippen molar-refractivity contribution in [3.8, 4) is 5.82 Å². The van der Waals surface area contributed by atoms with Gasteiger partial charge >= 0.3 is 0 Å². The van der Waals surface area contributed by atoms with Crippen LogP contribution in [-0.4, -0.2) is 51.3 Å². The number of aryl methyl sites for hydroxylation is 1. The largest absolute Gasteiger partial charge is 0.367 e. The number of nitrogens with one attached hydrogen (secondary N) is 2. The Kier molecular flexibility index (Phi) is 6.40. The summed E-state index contributed by atoms with van der Waals surface area (Å²) in [5, 5.41) is 37.4. The first-order chi connectivity index (χ1) is 15.1. The van der Waals surface area contributed by atoms with E-state index < -0.39 is 36.1 Å². The molecule has 3 rings (SSSR count). The second kappa shape index (κ2) is 9.03. The minimum Gasteiger partial charge on any atom is -0.367 e. The van der Waals surface area contributed by atoms with Crippen molar-refractivity contribution in [3.05, 3.63) is 68.0 Å². The highest BCUT2D eigenvalue weighted by atomic mass is 32.2. The van der Waals surface area contributed by atoms with Crippen LogP contribution in [-0.2, 0) is 10.0 Å². The van der Waals surface area contributed by atoms with E-state index in [1.165, 1.54) is 6.92 Å². The second-order valence-electron chi connectivity index (χ2n) is 6.60. The van der Waals surface area contributed by atoms with E-state index in [0.29, 0.717) is 11.6 Å². The highest BCUT2D eigenvalue weighted by molar-refractivity contribution is 7.89. The lowest BCUT2D eigenvalue weighted by atomic mass is 10.1. The molecule has 14 nitrogen and oxygen atoms in total. The van der Waals surface area contributed by atoms with Crippen LogP contribution < -0.4 is 10.0 Å². The number of anilines is 1. The van der Waals surface area contributed by atoms with Gasteiger partial charge in [-0.05, 0) is 32.0 Å². The number of rotatable bonds is 9. The predicted molar refractivity (Wildman–Crippen MR) is 112 cm³/mol. The molecule has 1 aromatic carbocycles. The number of benzene rings is 1. The molecule has 2 aromatic heterocycles. The van der Waals surface area contributed by atoms with E-state index in [1.807, 2.05) is 13.0 Å². The monoisotopic (exact) mass is 462 g/mol. The zero-order valence-electron chi connectivity index (χ0n) is 16.9. The topological polar surface area (TPSA) is 188 Å². The van der Waals surface area contributed by atoms with Gasteiger partial charge in [-0.2, -0.15) is 5.10 Å². The van der Waals surface area contributed by atoms with E-state index in [9.17, 15) is 28.6 Å². The Labute approximate surface area is 181 Å². The van der Waals surface area contributed by atoms with E-state index in [0.717, 1.165) is 17.8 Å². The SMILES string of the molecule is Cc1ccn(-c2ccc(NCCNS(=O)(=O)c3cc([N+](=O)[O-])c(C)c([N+](=O)[O-])c3)nn2)n1. The number of nitro benzene ring substituents is 2. The molecule has 0 aliphatic heterocycles. The maximum atomic E-state index is 12.5.